The molecule has 2 aliphatic heterocycles. The predicted octanol–water partition coefficient (Wildman–Crippen LogP) is 3.32. The molecule has 2 aromatic carbocycles. The molecule has 2 heterocycles. The van der Waals surface area contributed by atoms with Crippen molar-refractivity contribution in [2.45, 2.75) is 22.4 Å². The molecule has 31 heavy (non-hydrogen) atoms. The van der Waals surface area contributed by atoms with Gasteiger partial charge in [-0.3, -0.25) is 4.90 Å². The third kappa shape index (κ3) is 4.79. The van der Waals surface area contributed by atoms with Crippen LogP contribution < -0.4 is 4.90 Å². The summed E-state index contributed by atoms with van der Waals surface area (Å²) in [4.78, 5) is 7.50. The minimum atomic E-state index is -4.45. The highest BCUT2D eigenvalue weighted by Gasteiger charge is 2.34. The second-order valence-electron chi connectivity index (χ2n) is 7.83. The molecule has 4 rings (SSSR count). The van der Waals surface area contributed by atoms with Crippen molar-refractivity contribution in [3.05, 3.63) is 48.0 Å². The summed E-state index contributed by atoms with van der Waals surface area (Å²) in [6.45, 7) is 5.86. The molecule has 0 radical (unpaired) electrons. The Hall–Kier alpha value is -1.94. The van der Waals surface area contributed by atoms with E-state index in [2.05, 4.69) is 9.80 Å². The lowest BCUT2D eigenvalue weighted by molar-refractivity contribution is -0.137. The maximum atomic E-state index is 13.3. The summed E-state index contributed by atoms with van der Waals surface area (Å²) in [6.07, 6.45) is -3.68. The molecule has 2 aromatic rings. The van der Waals surface area contributed by atoms with Gasteiger partial charge in [0.05, 0.1) is 44.1 Å². The molecule has 0 spiro atoms. The van der Waals surface area contributed by atoms with E-state index in [1.165, 1.54) is 6.07 Å². The number of benzene rings is 2. The normalized spacial score (nSPS) is 19.9. The highest BCUT2D eigenvalue weighted by Crippen LogP contribution is 2.44. The van der Waals surface area contributed by atoms with E-state index in [0.29, 0.717) is 34.3 Å². The fraction of sp³-hybridized carbons (Fsp3) is 0.455. The minimum absolute atomic E-state index is 0.162. The molecule has 0 bridgehead atoms. The third-order valence-corrected chi connectivity index (χ3v) is 7.36. The number of β-amino-alcohol motifs (C(OH)–C–C–N with tert-alkyl or cyclic N) is 1. The van der Waals surface area contributed by atoms with Crippen molar-refractivity contribution in [3.8, 4) is 0 Å². The molecular weight excluding hydrogens is 427 g/mol. The average Bonchev–Trinajstić information content (AvgIpc) is 2.76. The standard InChI is InChI=1S/C22H26F3N3O2S/c23-22(24,25)17-6-7-21-19(16-17)28(18-4-1-2-5-20(18)31(21)30)9-3-8-26-10-12-27(13-11-26)14-15-29/h1-2,4-7,16,29H,3,8-15H2. The van der Waals surface area contributed by atoms with Crippen molar-refractivity contribution >= 4 is 22.2 Å². The van der Waals surface area contributed by atoms with Gasteiger partial charge in [0, 0.05) is 39.3 Å². The Bertz CT molecular complexity index is 946. The molecule has 1 atom stereocenters. The maximum absolute atomic E-state index is 13.3. The lowest BCUT2D eigenvalue weighted by Gasteiger charge is -2.36. The van der Waals surface area contributed by atoms with Crippen LogP contribution in [0.15, 0.2) is 52.3 Å². The summed E-state index contributed by atoms with van der Waals surface area (Å²) in [5, 5.41) is 9.07. The first-order chi connectivity index (χ1) is 14.9. The van der Waals surface area contributed by atoms with Gasteiger partial charge in [-0.15, -0.1) is 0 Å². The van der Waals surface area contributed by atoms with Crippen molar-refractivity contribution in [2.75, 3.05) is 57.3 Å². The van der Waals surface area contributed by atoms with Crippen molar-refractivity contribution < 1.29 is 22.5 Å². The van der Waals surface area contributed by atoms with Gasteiger partial charge in [-0.25, -0.2) is 4.21 Å². The number of anilines is 2. The number of aliphatic hydroxyl groups excluding tert-OH is 1. The van der Waals surface area contributed by atoms with Gasteiger partial charge in [-0.05, 0) is 43.3 Å². The van der Waals surface area contributed by atoms with Crippen LogP contribution in [-0.2, 0) is 17.0 Å². The summed E-state index contributed by atoms with van der Waals surface area (Å²) >= 11 is 0. The van der Waals surface area contributed by atoms with Crippen molar-refractivity contribution in [1.29, 1.82) is 0 Å². The van der Waals surface area contributed by atoms with E-state index in [1.54, 1.807) is 12.1 Å². The monoisotopic (exact) mass is 453 g/mol. The molecule has 2 aliphatic rings. The van der Waals surface area contributed by atoms with E-state index < -0.39 is 22.5 Å². The van der Waals surface area contributed by atoms with Gasteiger partial charge in [0.1, 0.15) is 0 Å². The fourth-order valence-electron chi connectivity index (χ4n) is 4.22. The summed E-state index contributed by atoms with van der Waals surface area (Å²) in [5.74, 6) is 0. The van der Waals surface area contributed by atoms with E-state index >= 15 is 0 Å². The number of alkyl halides is 3. The van der Waals surface area contributed by atoms with Crippen LogP contribution in [0, 0.1) is 0 Å². The van der Waals surface area contributed by atoms with Crippen molar-refractivity contribution in [1.82, 2.24) is 9.80 Å². The zero-order valence-corrected chi connectivity index (χ0v) is 18.0. The summed E-state index contributed by atoms with van der Waals surface area (Å²) in [7, 11) is -1.51. The van der Waals surface area contributed by atoms with Gasteiger partial charge >= 0.3 is 6.18 Å². The van der Waals surface area contributed by atoms with E-state index in [0.717, 1.165) is 51.3 Å². The molecule has 5 nitrogen and oxygen atoms in total. The highest BCUT2D eigenvalue weighted by molar-refractivity contribution is 7.85. The van der Waals surface area contributed by atoms with E-state index in [1.807, 2.05) is 17.0 Å². The first-order valence-corrected chi connectivity index (χ1v) is 11.6. The second-order valence-corrected chi connectivity index (χ2v) is 9.25. The first-order valence-electron chi connectivity index (χ1n) is 10.4. The Morgan fingerprint density at radius 2 is 1.52 bits per heavy atom. The predicted molar refractivity (Wildman–Crippen MR) is 114 cm³/mol. The van der Waals surface area contributed by atoms with Gasteiger partial charge in [0.15, 0.2) is 0 Å². The fourth-order valence-corrected chi connectivity index (χ4v) is 5.58. The summed E-state index contributed by atoms with van der Waals surface area (Å²) in [5.41, 5.74) is 0.354. The van der Waals surface area contributed by atoms with Gasteiger partial charge < -0.3 is 14.9 Å². The molecule has 0 saturated carbocycles. The molecule has 0 aliphatic carbocycles. The number of piperazine rings is 1. The number of hydrogen-bond acceptors (Lipinski definition) is 5. The van der Waals surface area contributed by atoms with Crippen LogP contribution in [0.3, 0.4) is 0 Å². The van der Waals surface area contributed by atoms with Crippen molar-refractivity contribution in [2.24, 2.45) is 0 Å². The van der Waals surface area contributed by atoms with Crippen LogP contribution in [0.4, 0.5) is 24.5 Å². The lowest BCUT2D eigenvalue weighted by Crippen LogP contribution is -2.47. The molecule has 9 heteroatoms. The van der Waals surface area contributed by atoms with Crippen LogP contribution in [0.2, 0.25) is 0 Å². The first kappa shape index (κ1) is 22.3. The molecule has 168 valence electrons. The van der Waals surface area contributed by atoms with Crippen LogP contribution in [0.1, 0.15) is 12.0 Å². The van der Waals surface area contributed by atoms with Crippen molar-refractivity contribution in [3.63, 3.8) is 0 Å². The topological polar surface area (TPSA) is 47.0 Å². The molecule has 1 fully saturated rings. The zero-order valence-electron chi connectivity index (χ0n) is 17.1. The number of rotatable bonds is 6. The van der Waals surface area contributed by atoms with Gasteiger partial charge in [0.25, 0.3) is 0 Å². The number of halogens is 3. The Labute approximate surface area is 182 Å². The van der Waals surface area contributed by atoms with Crippen LogP contribution >= 0.6 is 0 Å². The van der Waals surface area contributed by atoms with E-state index in [4.69, 9.17) is 5.11 Å². The third-order valence-electron chi connectivity index (χ3n) is 5.87. The number of hydrogen-bond donors (Lipinski definition) is 1. The largest absolute Gasteiger partial charge is 0.416 e. The molecule has 1 unspecified atom stereocenters. The molecule has 0 amide bonds. The Kier molecular flexibility index (Phi) is 6.66. The van der Waals surface area contributed by atoms with Crippen LogP contribution in [-0.4, -0.2) is 71.5 Å². The summed E-state index contributed by atoms with van der Waals surface area (Å²) in [6, 6.07) is 10.7. The zero-order chi connectivity index (χ0) is 22.0. The lowest BCUT2D eigenvalue weighted by atomic mass is 10.1. The van der Waals surface area contributed by atoms with Crippen LogP contribution in [0.25, 0.3) is 0 Å². The summed E-state index contributed by atoms with van der Waals surface area (Å²) < 4.78 is 53.0. The van der Waals surface area contributed by atoms with Crippen LogP contribution in [0.5, 0.6) is 0 Å². The number of nitrogens with zero attached hydrogens (tertiary/aromatic N) is 3. The van der Waals surface area contributed by atoms with Gasteiger partial charge in [0.2, 0.25) is 0 Å². The van der Waals surface area contributed by atoms with Gasteiger partial charge in [-0.2, -0.15) is 13.2 Å². The SMILES string of the molecule is O=S1c2ccccc2N(CCCN2CCN(CCO)CC2)c2cc(C(F)(F)F)ccc21. The minimum Gasteiger partial charge on any atom is -0.395 e. The molecule has 0 aromatic heterocycles. The highest BCUT2D eigenvalue weighted by atomic mass is 32.2. The van der Waals surface area contributed by atoms with Gasteiger partial charge in [-0.1, -0.05) is 12.1 Å². The maximum Gasteiger partial charge on any atom is 0.416 e. The Balaban J connectivity index is 1.52. The average molecular weight is 454 g/mol. The number of aliphatic hydroxyl groups is 1. The van der Waals surface area contributed by atoms with E-state index in [9.17, 15) is 17.4 Å². The Morgan fingerprint density at radius 1 is 0.871 bits per heavy atom. The smallest absolute Gasteiger partial charge is 0.395 e. The number of para-hydroxylation sites is 1. The van der Waals surface area contributed by atoms with E-state index in [-0.39, 0.29) is 6.61 Å². The second kappa shape index (κ2) is 9.28. The Morgan fingerprint density at radius 3 is 2.19 bits per heavy atom. The molecule has 1 N–H and O–H groups in total. The number of fused-ring (bicyclic) bond motifs is 2. The molecular formula is C22H26F3N3O2S. The quantitative estimate of drug-likeness (QED) is 0.727. The molecule has 1 saturated heterocycles.